The van der Waals surface area contributed by atoms with Crippen LogP contribution in [0.5, 0.6) is 5.75 Å². The fraction of sp³-hybridized carbons (Fsp3) is 0.269. The van der Waals surface area contributed by atoms with Crippen LogP contribution in [-0.2, 0) is 16.8 Å². The maximum absolute atomic E-state index is 12.3. The molecule has 2 amide bonds. The average molecular weight is 432 g/mol. The minimum atomic E-state index is -0.192. The molecular weight excluding hydrogens is 402 g/mol. The SMILES string of the molecule is CC(C)(C)c1ccc(C(=O)NCCC(=O)Nc2cccc(OCc3ccccn3)c2)cc1. The maximum Gasteiger partial charge on any atom is 0.251 e. The zero-order chi connectivity index (χ0) is 23.0. The number of carbonyl (C=O) groups is 2. The standard InChI is InChI=1S/C26H29N3O3/c1-26(2,3)20-12-10-19(11-13-20)25(31)28-16-14-24(30)29-21-8-6-9-23(17-21)32-18-22-7-4-5-15-27-22/h4-13,15,17H,14,16,18H2,1-3H3,(H,28,31)(H,29,30). The van der Waals surface area contributed by atoms with Crippen LogP contribution in [0.25, 0.3) is 0 Å². The van der Waals surface area contributed by atoms with Gasteiger partial charge in [0.2, 0.25) is 5.91 Å². The van der Waals surface area contributed by atoms with Gasteiger partial charge in [0.15, 0.2) is 0 Å². The Morgan fingerprint density at radius 3 is 2.44 bits per heavy atom. The molecule has 166 valence electrons. The van der Waals surface area contributed by atoms with E-state index in [-0.39, 0.29) is 30.2 Å². The number of anilines is 1. The van der Waals surface area contributed by atoms with Crippen molar-refractivity contribution in [1.29, 1.82) is 0 Å². The van der Waals surface area contributed by atoms with E-state index >= 15 is 0 Å². The Labute approximate surface area is 189 Å². The lowest BCUT2D eigenvalue weighted by molar-refractivity contribution is -0.116. The first-order chi connectivity index (χ1) is 15.3. The van der Waals surface area contributed by atoms with Crippen molar-refractivity contribution >= 4 is 17.5 Å². The highest BCUT2D eigenvalue weighted by molar-refractivity contribution is 5.95. The van der Waals surface area contributed by atoms with Crippen molar-refractivity contribution in [2.24, 2.45) is 0 Å². The van der Waals surface area contributed by atoms with Crippen molar-refractivity contribution in [3.8, 4) is 5.75 Å². The lowest BCUT2D eigenvalue weighted by Crippen LogP contribution is -2.27. The quantitative estimate of drug-likeness (QED) is 0.541. The van der Waals surface area contributed by atoms with Gasteiger partial charge >= 0.3 is 0 Å². The summed E-state index contributed by atoms with van der Waals surface area (Å²) in [6, 6.07) is 20.4. The van der Waals surface area contributed by atoms with Gasteiger partial charge in [-0.05, 0) is 47.4 Å². The zero-order valence-electron chi connectivity index (χ0n) is 18.7. The highest BCUT2D eigenvalue weighted by Crippen LogP contribution is 2.22. The van der Waals surface area contributed by atoms with Crippen molar-refractivity contribution in [1.82, 2.24) is 10.3 Å². The lowest BCUT2D eigenvalue weighted by Gasteiger charge is -2.19. The summed E-state index contributed by atoms with van der Waals surface area (Å²) in [4.78, 5) is 28.8. The molecule has 1 heterocycles. The number of aromatic nitrogens is 1. The van der Waals surface area contributed by atoms with E-state index in [9.17, 15) is 9.59 Å². The van der Waals surface area contributed by atoms with E-state index in [4.69, 9.17) is 4.74 Å². The molecule has 3 rings (SSSR count). The number of benzene rings is 2. The third-order valence-corrected chi connectivity index (χ3v) is 4.88. The zero-order valence-corrected chi connectivity index (χ0v) is 18.7. The van der Waals surface area contributed by atoms with E-state index in [2.05, 4.69) is 36.4 Å². The maximum atomic E-state index is 12.3. The van der Waals surface area contributed by atoms with Crippen LogP contribution < -0.4 is 15.4 Å². The molecule has 0 aliphatic carbocycles. The molecule has 0 spiro atoms. The minimum absolute atomic E-state index is 0.0356. The van der Waals surface area contributed by atoms with Gasteiger partial charge in [-0.15, -0.1) is 0 Å². The number of rotatable bonds is 8. The summed E-state index contributed by atoms with van der Waals surface area (Å²) in [6.45, 7) is 6.98. The molecule has 0 bridgehead atoms. The molecule has 2 aromatic carbocycles. The number of amides is 2. The van der Waals surface area contributed by atoms with E-state index in [1.54, 1.807) is 18.3 Å². The van der Waals surface area contributed by atoms with E-state index in [1.807, 2.05) is 54.6 Å². The van der Waals surface area contributed by atoms with Gasteiger partial charge in [-0.1, -0.05) is 45.0 Å². The first kappa shape index (κ1) is 23.0. The number of carbonyl (C=O) groups excluding carboxylic acids is 2. The first-order valence-electron chi connectivity index (χ1n) is 10.6. The predicted octanol–water partition coefficient (Wildman–Crippen LogP) is 4.72. The number of nitrogens with one attached hydrogen (secondary N) is 2. The molecule has 0 atom stereocenters. The topological polar surface area (TPSA) is 80.3 Å². The van der Waals surface area contributed by atoms with Gasteiger partial charge in [-0.3, -0.25) is 14.6 Å². The van der Waals surface area contributed by atoms with Crippen LogP contribution in [0.2, 0.25) is 0 Å². The molecule has 3 aromatic rings. The largest absolute Gasteiger partial charge is 0.487 e. The Hall–Kier alpha value is -3.67. The molecule has 2 N–H and O–H groups in total. The predicted molar refractivity (Wildman–Crippen MR) is 126 cm³/mol. The van der Waals surface area contributed by atoms with Crippen molar-refractivity contribution < 1.29 is 14.3 Å². The highest BCUT2D eigenvalue weighted by Gasteiger charge is 2.14. The molecule has 0 unspecified atom stereocenters. The van der Waals surface area contributed by atoms with Crippen molar-refractivity contribution in [3.05, 3.63) is 89.7 Å². The number of nitrogens with zero attached hydrogens (tertiary/aromatic N) is 1. The molecule has 32 heavy (non-hydrogen) atoms. The van der Waals surface area contributed by atoms with Crippen LogP contribution in [0.1, 0.15) is 48.8 Å². The molecule has 6 nitrogen and oxygen atoms in total. The Kier molecular flexibility index (Phi) is 7.60. The summed E-state index contributed by atoms with van der Waals surface area (Å²) >= 11 is 0. The molecule has 0 aliphatic rings. The van der Waals surface area contributed by atoms with Gasteiger partial charge in [-0.25, -0.2) is 0 Å². The Morgan fingerprint density at radius 2 is 1.75 bits per heavy atom. The molecular formula is C26H29N3O3. The molecule has 0 saturated carbocycles. The van der Waals surface area contributed by atoms with Crippen molar-refractivity contribution in [2.75, 3.05) is 11.9 Å². The van der Waals surface area contributed by atoms with Crippen molar-refractivity contribution in [3.63, 3.8) is 0 Å². The normalized spacial score (nSPS) is 11.0. The fourth-order valence-electron chi connectivity index (χ4n) is 3.04. The molecule has 0 fully saturated rings. The minimum Gasteiger partial charge on any atom is -0.487 e. The molecule has 0 saturated heterocycles. The summed E-state index contributed by atoms with van der Waals surface area (Å²) < 4.78 is 5.73. The monoisotopic (exact) mass is 431 g/mol. The van der Waals surface area contributed by atoms with Gasteiger partial charge in [-0.2, -0.15) is 0 Å². The molecule has 6 heteroatoms. The lowest BCUT2D eigenvalue weighted by atomic mass is 9.87. The van der Waals surface area contributed by atoms with Crippen LogP contribution in [-0.4, -0.2) is 23.3 Å². The fourth-order valence-corrected chi connectivity index (χ4v) is 3.04. The number of ether oxygens (including phenoxy) is 1. The van der Waals surface area contributed by atoms with Gasteiger partial charge < -0.3 is 15.4 Å². The highest BCUT2D eigenvalue weighted by atomic mass is 16.5. The van der Waals surface area contributed by atoms with E-state index in [1.165, 1.54) is 5.56 Å². The van der Waals surface area contributed by atoms with Crippen molar-refractivity contribution in [2.45, 2.75) is 39.2 Å². The smallest absolute Gasteiger partial charge is 0.251 e. The second-order valence-corrected chi connectivity index (χ2v) is 8.52. The Bertz CT molecular complexity index is 1040. The van der Waals surface area contributed by atoms with E-state index in [0.717, 1.165) is 5.69 Å². The average Bonchev–Trinajstić information content (AvgIpc) is 2.78. The van der Waals surface area contributed by atoms with Crippen LogP contribution in [0.3, 0.4) is 0 Å². The summed E-state index contributed by atoms with van der Waals surface area (Å²) in [6.07, 6.45) is 1.89. The van der Waals surface area contributed by atoms with E-state index in [0.29, 0.717) is 23.6 Å². The second kappa shape index (κ2) is 10.6. The van der Waals surface area contributed by atoms with Gasteiger partial charge in [0.25, 0.3) is 5.91 Å². The van der Waals surface area contributed by atoms with Gasteiger partial charge in [0, 0.05) is 36.5 Å². The Morgan fingerprint density at radius 1 is 0.969 bits per heavy atom. The summed E-state index contributed by atoms with van der Waals surface area (Å²) in [5.74, 6) is 0.263. The third-order valence-electron chi connectivity index (χ3n) is 4.88. The first-order valence-corrected chi connectivity index (χ1v) is 10.6. The van der Waals surface area contributed by atoms with E-state index < -0.39 is 0 Å². The summed E-state index contributed by atoms with van der Waals surface area (Å²) in [7, 11) is 0. The Balaban J connectivity index is 1.44. The van der Waals surface area contributed by atoms with Gasteiger partial charge in [0.05, 0.1) is 5.69 Å². The number of hydrogen-bond acceptors (Lipinski definition) is 4. The molecule has 0 radical (unpaired) electrons. The third kappa shape index (κ3) is 6.94. The van der Waals surface area contributed by atoms with Crippen LogP contribution in [0.15, 0.2) is 72.9 Å². The summed E-state index contributed by atoms with van der Waals surface area (Å²) in [5, 5.41) is 5.62. The number of pyridine rings is 1. The summed E-state index contributed by atoms with van der Waals surface area (Å²) in [5.41, 5.74) is 3.24. The van der Waals surface area contributed by atoms with Gasteiger partial charge in [0.1, 0.15) is 12.4 Å². The number of hydrogen-bond donors (Lipinski definition) is 2. The molecule has 1 aromatic heterocycles. The van der Waals surface area contributed by atoms with Crippen LogP contribution >= 0.6 is 0 Å². The van der Waals surface area contributed by atoms with Crippen LogP contribution in [0.4, 0.5) is 5.69 Å². The molecule has 0 aliphatic heterocycles. The second-order valence-electron chi connectivity index (χ2n) is 8.52. The van der Waals surface area contributed by atoms with Crippen LogP contribution in [0, 0.1) is 0 Å².